The van der Waals surface area contributed by atoms with Gasteiger partial charge in [-0.2, -0.15) is 0 Å². The van der Waals surface area contributed by atoms with Gasteiger partial charge in [-0.25, -0.2) is 13.8 Å². The van der Waals surface area contributed by atoms with E-state index in [1.54, 1.807) is 0 Å². The molecule has 1 heterocycles. The highest BCUT2D eigenvalue weighted by Gasteiger charge is 2.10. The van der Waals surface area contributed by atoms with E-state index < -0.39 is 6.43 Å². The Morgan fingerprint density at radius 1 is 1.60 bits per heavy atom. The molecule has 0 unspecified atom stereocenters. The van der Waals surface area contributed by atoms with Crippen molar-refractivity contribution < 1.29 is 8.78 Å². The molecule has 0 saturated heterocycles. The molecule has 0 bridgehead atoms. The van der Waals surface area contributed by atoms with Crippen LogP contribution in [0.3, 0.4) is 0 Å². The minimum Gasteiger partial charge on any atom is -0.234 e. The Kier molecular flexibility index (Phi) is 2.17. The molecule has 1 nitrogen and oxygen atoms in total. The van der Waals surface area contributed by atoms with Crippen LogP contribution in [0.4, 0.5) is 8.78 Å². The van der Waals surface area contributed by atoms with Crippen LogP contribution >= 0.6 is 11.6 Å². The van der Waals surface area contributed by atoms with E-state index in [0.29, 0.717) is 0 Å². The van der Waals surface area contributed by atoms with Gasteiger partial charge in [-0.3, -0.25) is 0 Å². The zero-order valence-corrected chi connectivity index (χ0v) is 5.57. The number of hydrogen-bond donors (Lipinski definition) is 0. The smallest absolute Gasteiger partial charge is 0.234 e. The lowest BCUT2D eigenvalue weighted by molar-refractivity contribution is 0.151. The summed E-state index contributed by atoms with van der Waals surface area (Å²) in [5.41, 5.74) is -0.250. The second-order valence-electron chi connectivity index (χ2n) is 1.62. The number of nitrogens with zero attached hydrogens (tertiary/aromatic N) is 1. The molecule has 0 aliphatic rings. The van der Waals surface area contributed by atoms with Crippen molar-refractivity contribution in [2.45, 2.75) is 6.43 Å². The van der Waals surface area contributed by atoms with Gasteiger partial charge in [0.15, 0.2) is 0 Å². The van der Waals surface area contributed by atoms with Crippen molar-refractivity contribution in [3.63, 3.8) is 0 Å². The Hall–Kier alpha value is -0.700. The maximum absolute atomic E-state index is 11.9. The average molecular weight is 163 g/mol. The van der Waals surface area contributed by atoms with Crippen molar-refractivity contribution in [3.05, 3.63) is 29.0 Å². The topological polar surface area (TPSA) is 12.9 Å². The summed E-state index contributed by atoms with van der Waals surface area (Å²) in [4.78, 5) is 3.36. The molecule has 1 rings (SSSR count). The van der Waals surface area contributed by atoms with Gasteiger partial charge < -0.3 is 0 Å². The molecule has 0 spiro atoms. The third kappa shape index (κ3) is 1.42. The first kappa shape index (κ1) is 7.41. The normalized spacial score (nSPS) is 10.4. The lowest BCUT2D eigenvalue weighted by atomic mass is 10.3. The third-order valence-corrected chi connectivity index (χ3v) is 1.28. The summed E-state index contributed by atoms with van der Waals surface area (Å²) < 4.78 is 23.8. The van der Waals surface area contributed by atoms with Crippen molar-refractivity contribution >= 4 is 11.6 Å². The van der Waals surface area contributed by atoms with E-state index in [1.165, 1.54) is 12.1 Å². The van der Waals surface area contributed by atoms with Crippen LogP contribution in [0.1, 0.15) is 12.0 Å². The Morgan fingerprint density at radius 2 is 2.30 bits per heavy atom. The summed E-state index contributed by atoms with van der Waals surface area (Å²) in [6, 6.07) is 2.49. The van der Waals surface area contributed by atoms with Crippen LogP contribution in [0.2, 0.25) is 5.15 Å². The summed E-state index contributed by atoms with van der Waals surface area (Å²) >= 11 is 5.30. The van der Waals surface area contributed by atoms with Crippen LogP contribution in [0, 0.1) is 6.20 Å². The second-order valence-corrected chi connectivity index (χ2v) is 1.98. The largest absolute Gasteiger partial charge is 0.266 e. The number of aromatic nitrogens is 1. The van der Waals surface area contributed by atoms with Gasteiger partial charge in [0.2, 0.25) is 0 Å². The SMILES string of the molecule is FC(F)c1cc[c]nc1Cl. The van der Waals surface area contributed by atoms with E-state index in [1.807, 2.05) is 0 Å². The molecule has 0 saturated carbocycles. The first-order valence-electron chi connectivity index (χ1n) is 2.52. The van der Waals surface area contributed by atoms with Crippen LogP contribution in [-0.2, 0) is 0 Å². The number of pyridine rings is 1. The van der Waals surface area contributed by atoms with Crippen molar-refractivity contribution in [1.29, 1.82) is 0 Å². The van der Waals surface area contributed by atoms with Crippen LogP contribution in [-0.4, -0.2) is 4.98 Å². The van der Waals surface area contributed by atoms with Crippen molar-refractivity contribution in [3.8, 4) is 0 Å². The molecule has 0 fully saturated rings. The van der Waals surface area contributed by atoms with E-state index in [0.717, 1.165) is 0 Å². The minimum absolute atomic E-state index is 0.183. The van der Waals surface area contributed by atoms with Crippen LogP contribution in [0.25, 0.3) is 0 Å². The Bertz CT molecular complexity index is 227. The molecule has 1 aromatic heterocycles. The fourth-order valence-electron chi connectivity index (χ4n) is 0.517. The zero-order valence-electron chi connectivity index (χ0n) is 4.81. The quantitative estimate of drug-likeness (QED) is 0.578. The summed E-state index contributed by atoms with van der Waals surface area (Å²) in [7, 11) is 0. The van der Waals surface area contributed by atoms with E-state index in [-0.39, 0.29) is 10.7 Å². The van der Waals surface area contributed by atoms with Gasteiger partial charge in [0, 0.05) is 0 Å². The van der Waals surface area contributed by atoms with Gasteiger partial charge in [0.05, 0.1) is 11.8 Å². The maximum Gasteiger partial charge on any atom is 0.266 e. The molecule has 1 radical (unpaired) electrons. The first-order valence-corrected chi connectivity index (χ1v) is 2.90. The van der Waals surface area contributed by atoms with Gasteiger partial charge in [0.1, 0.15) is 5.15 Å². The lowest BCUT2D eigenvalue weighted by Crippen LogP contribution is -1.87. The lowest BCUT2D eigenvalue weighted by Gasteiger charge is -1.98. The molecule has 1 aromatic rings. The zero-order chi connectivity index (χ0) is 7.56. The molecule has 0 aromatic carbocycles. The second kappa shape index (κ2) is 2.92. The van der Waals surface area contributed by atoms with Gasteiger partial charge in [-0.1, -0.05) is 11.6 Å². The highest BCUT2D eigenvalue weighted by atomic mass is 35.5. The van der Waals surface area contributed by atoms with Crippen LogP contribution < -0.4 is 0 Å². The summed E-state index contributed by atoms with van der Waals surface area (Å²) in [6.07, 6.45) is -0.220. The highest BCUT2D eigenvalue weighted by Crippen LogP contribution is 2.23. The van der Waals surface area contributed by atoms with E-state index in [4.69, 9.17) is 11.6 Å². The van der Waals surface area contributed by atoms with Gasteiger partial charge in [-0.05, 0) is 12.1 Å². The standard InChI is InChI=1S/C6H3ClF2N/c7-5-4(6(8)9)2-1-3-10-5/h1-2,6H. The van der Waals surface area contributed by atoms with E-state index in [9.17, 15) is 8.78 Å². The maximum atomic E-state index is 11.9. The fourth-order valence-corrected chi connectivity index (χ4v) is 0.711. The Balaban J connectivity index is 3.03. The van der Waals surface area contributed by atoms with Gasteiger partial charge >= 0.3 is 0 Å². The summed E-state index contributed by atoms with van der Waals surface area (Å²) in [6.45, 7) is 0. The first-order chi connectivity index (χ1) is 4.72. The van der Waals surface area contributed by atoms with Crippen molar-refractivity contribution in [1.82, 2.24) is 4.98 Å². The summed E-state index contributed by atoms with van der Waals surface area (Å²) in [5.74, 6) is 0. The molecule has 0 aliphatic carbocycles. The Morgan fingerprint density at radius 3 is 2.70 bits per heavy atom. The number of halogens is 3. The molecule has 0 aliphatic heterocycles. The van der Waals surface area contributed by atoms with Crippen LogP contribution in [0.5, 0.6) is 0 Å². The highest BCUT2D eigenvalue weighted by molar-refractivity contribution is 6.30. The molecule has 0 atom stereocenters. The molecule has 10 heavy (non-hydrogen) atoms. The molecule has 0 N–H and O–H groups in total. The predicted molar refractivity (Wildman–Crippen MR) is 33.0 cm³/mol. The molecular formula is C6H3ClF2N. The van der Waals surface area contributed by atoms with Crippen LogP contribution in [0.15, 0.2) is 12.1 Å². The third-order valence-electron chi connectivity index (χ3n) is 0.973. The molecular weight excluding hydrogens is 160 g/mol. The molecule has 53 valence electrons. The minimum atomic E-state index is -2.56. The molecule has 4 heteroatoms. The fraction of sp³-hybridized carbons (Fsp3) is 0.167. The number of rotatable bonds is 1. The van der Waals surface area contributed by atoms with Gasteiger partial charge in [-0.15, -0.1) is 0 Å². The van der Waals surface area contributed by atoms with Gasteiger partial charge in [0.25, 0.3) is 6.43 Å². The predicted octanol–water partition coefficient (Wildman–Crippen LogP) is 2.47. The number of alkyl halides is 2. The van der Waals surface area contributed by atoms with Crippen molar-refractivity contribution in [2.75, 3.05) is 0 Å². The average Bonchev–Trinajstić information content (AvgIpc) is 1.88. The summed E-state index contributed by atoms with van der Waals surface area (Å²) in [5, 5.41) is -0.183. The monoisotopic (exact) mass is 162 g/mol. The molecule has 0 amide bonds. The van der Waals surface area contributed by atoms with E-state index >= 15 is 0 Å². The van der Waals surface area contributed by atoms with Crippen molar-refractivity contribution in [2.24, 2.45) is 0 Å². The Labute approximate surface area is 61.7 Å². The van der Waals surface area contributed by atoms with E-state index in [2.05, 4.69) is 11.2 Å². The number of hydrogen-bond acceptors (Lipinski definition) is 1.